The second-order valence-corrected chi connectivity index (χ2v) is 9.10. The number of benzene rings is 2. The van der Waals surface area contributed by atoms with Crippen molar-refractivity contribution in [2.45, 2.75) is 18.2 Å². The zero-order valence-corrected chi connectivity index (χ0v) is 18.6. The van der Waals surface area contributed by atoms with E-state index < -0.39 is 10.0 Å². The van der Waals surface area contributed by atoms with Crippen LogP contribution < -0.4 is 14.8 Å². The summed E-state index contributed by atoms with van der Waals surface area (Å²) < 4.78 is 42.7. The van der Waals surface area contributed by atoms with Gasteiger partial charge in [-0.15, -0.1) is 0 Å². The highest BCUT2D eigenvalue weighted by Crippen LogP contribution is 2.21. The number of amides is 1. The molecule has 1 aliphatic heterocycles. The van der Waals surface area contributed by atoms with E-state index in [0.29, 0.717) is 38.6 Å². The van der Waals surface area contributed by atoms with Crippen molar-refractivity contribution in [3.8, 4) is 11.5 Å². The average molecular weight is 449 g/mol. The van der Waals surface area contributed by atoms with Gasteiger partial charge in [0.2, 0.25) is 15.9 Å². The lowest BCUT2D eigenvalue weighted by atomic mass is 10.1. The van der Waals surface area contributed by atoms with E-state index in [2.05, 4.69) is 5.32 Å². The van der Waals surface area contributed by atoms with Gasteiger partial charge in [-0.3, -0.25) is 4.79 Å². The predicted octanol–water partition coefficient (Wildman–Crippen LogP) is 1.76. The zero-order valence-electron chi connectivity index (χ0n) is 17.8. The molecule has 168 valence electrons. The van der Waals surface area contributed by atoms with Crippen molar-refractivity contribution in [2.24, 2.45) is 0 Å². The van der Waals surface area contributed by atoms with Crippen LogP contribution >= 0.6 is 0 Å². The molecule has 8 nitrogen and oxygen atoms in total. The molecule has 1 aliphatic rings. The molecule has 0 atom stereocenters. The lowest BCUT2D eigenvalue weighted by Gasteiger charge is -2.26. The number of methoxy groups -OCH3 is 1. The smallest absolute Gasteiger partial charge is 0.243 e. The lowest BCUT2D eigenvalue weighted by Crippen LogP contribution is -2.40. The van der Waals surface area contributed by atoms with Crippen molar-refractivity contribution in [2.75, 3.05) is 46.6 Å². The first-order valence-electron chi connectivity index (χ1n) is 10.1. The molecule has 1 fully saturated rings. The molecule has 0 aliphatic carbocycles. The van der Waals surface area contributed by atoms with Gasteiger partial charge in [-0.25, -0.2) is 8.42 Å². The fraction of sp³-hybridized carbons (Fsp3) is 0.409. The maximum absolute atomic E-state index is 12.6. The van der Waals surface area contributed by atoms with Gasteiger partial charge < -0.3 is 19.5 Å². The maximum Gasteiger partial charge on any atom is 0.243 e. The van der Waals surface area contributed by atoms with Gasteiger partial charge in [0.1, 0.15) is 18.1 Å². The maximum atomic E-state index is 12.6. The summed E-state index contributed by atoms with van der Waals surface area (Å²) in [6, 6.07) is 12.0. The second kappa shape index (κ2) is 10.6. The molecule has 0 unspecified atom stereocenters. The van der Waals surface area contributed by atoms with E-state index in [1.807, 2.05) is 25.1 Å². The summed E-state index contributed by atoms with van der Waals surface area (Å²) in [7, 11) is -1.90. The van der Waals surface area contributed by atoms with Crippen LogP contribution in [0.1, 0.15) is 11.1 Å². The molecule has 1 N–H and O–H groups in total. The summed E-state index contributed by atoms with van der Waals surface area (Å²) >= 11 is 0. The van der Waals surface area contributed by atoms with Gasteiger partial charge in [-0.1, -0.05) is 12.1 Å². The van der Waals surface area contributed by atoms with E-state index in [1.165, 1.54) is 16.4 Å². The lowest BCUT2D eigenvalue weighted by molar-refractivity contribution is -0.120. The predicted molar refractivity (Wildman–Crippen MR) is 116 cm³/mol. The molecule has 9 heteroatoms. The van der Waals surface area contributed by atoms with Crippen LogP contribution in [0.5, 0.6) is 11.5 Å². The van der Waals surface area contributed by atoms with Crippen molar-refractivity contribution in [1.29, 1.82) is 0 Å². The number of ether oxygens (including phenoxy) is 3. The van der Waals surface area contributed by atoms with Gasteiger partial charge in [0.25, 0.3) is 0 Å². The Labute approximate surface area is 183 Å². The van der Waals surface area contributed by atoms with E-state index >= 15 is 0 Å². The number of carbonyl (C=O) groups excluding carboxylic acids is 1. The van der Waals surface area contributed by atoms with Crippen LogP contribution in [-0.2, 0) is 26.0 Å². The number of hydrogen-bond donors (Lipinski definition) is 1. The van der Waals surface area contributed by atoms with Crippen LogP contribution in [0.25, 0.3) is 0 Å². The molecule has 1 amide bonds. The Bertz CT molecular complexity index is 986. The third-order valence-electron chi connectivity index (χ3n) is 4.95. The van der Waals surface area contributed by atoms with Crippen molar-refractivity contribution in [3.05, 3.63) is 53.6 Å². The highest BCUT2D eigenvalue weighted by Gasteiger charge is 2.26. The summed E-state index contributed by atoms with van der Waals surface area (Å²) in [5.74, 6) is 1.24. The van der Waals surface area contributed by atoms with Crippen molar-refractivity contribution in [1.82, 2.24) is 9.62 Å². The topological polar surface area (TPSA) is 94.2 Å². The van der Waals surface area contributed by atoms with Crippen LogP contribution in [0.3, 0.4) is 0 Å². The molecular formula is C22H28N2O6S. The second-order valence-electron chi connectivity index (χ2n) is 7.17. The minimum Gasteiger partial charge on any atom is -0.496 e. The Morgan fingerprint density at radius 1 is 1.13 bits per heavy atom. The van der Waals surface area contributed by atoms with Gasteiger partial charge in [-0.2, -0.15) is 4.31 Å². The van der Waals surface area contributed by atoms with Crippen LogP contribution in [-0.4, -0.2) is 65.2 Å². The Balaban J connectivity index is 1.43. The quantitative estimate of drug-likeness (QED) is 0.588. The Hall–Kier alpha value is -2.62. The molecule has 1 saturated heterocycles. The summed E-state index contributed by atoms with van der Waals surface area (Å²) in [5.41, 5.74) is 1.89. The van der Waals surface area contributed by atoms with Gasteiger partial charge in [0, 0.05) is 13.1 Å². The van der Waals surface area contributed by atoms with E-state index in [-0.39, 0.29) is 23.8 Å². The zero-order chi connectivity index (χ0) is 22.3. The van der Waals surface area contributed by atoms with Crippen molar-refractivity contribution < 1.29 is 27.4 Å². The highest BCUT2D eigenvalue weighted by atomic mass is 32.2. The number of aryl methyl sites for hydroxylation is 1. The van der Waals surface area contributed by atoms with Crippen LogP contribution in [0.15, 0.2) is 47.4 Å². The fourth-order valence-electron chi connectivity index (χ4n) is 3.30. The molecule has 2 aromatic rings. The Morgan fingerprint density at radius 2 is 1.84 bits per heavy atom. The summed E-state index contributed by atoms with van der Waals surface area (Å²) in [6.07, 6.45) is 0.277. The molecule has 31 heavy (non-hydrogen) atoms. The average Bonchev–Trinajstić information content (AvgIpc) is 2.78. The summed E-state index contributed by atoms with van der Waals surface area (Å²) in [6.45, 7) is 4.09. The standard InChI is InChI=1S/C22H28N2O6S/c1-17-15-18(3-8-21(17)28-2)16-22(25)23-9-12-30-19-4-6-20(7-5-19)31(26,27)24-10-13-29-14-11-24/h3-8,15H,9-14,16H2,1-2H3,(H,23,25). The van der Waals surface area contributed by atoms with Crippen molar-refractivity contribution in [3.63, 3.8) is 0 Å². The van der Waals surface area contributed by atoms with Crippen LogP contribution in [0, 0.1) is 6.92 Å². The summed E-state index contributed by atoms with van der Waals surface area (Å²) in [4.78, 5) is 12.3. The first-order chi connectivity index (χ1) is 14.9. The number of sulfonamides is 1. The minimum absolute atomic E-state index is 0.0971. The van der Waals surface area contributed by atoms with E-state index in [1.54, 1.807) is 19.2 Å². The molecule has 3 rings (SSSR count). The van der Waals surface area contributed by atoms with Gasteiger partial charge >= 0.3 is 0 Å². The molecule has 0 radical (unpaired) electrons. The van der Waals surface area contributed by atoms with E-state index in [9.17, 15) is 13.2 Å². The molecule has 1 heterocycles. The number of nitrogens with zero attached hydrogens (tertiary/aromatic N) is 1. The Kier molecular flexibility index (Phi) is 7.89. The van der Waals surface area contributed by atoms with Gasteiger partial charge in [-0.05, 0) is 48.4 Å². The SMILES string of the molecule is COc1ccc(CC(=O)NCCOc2ccc(S(=O)(=O)N3CCOCC3)cc2)cc1C. The fourth-order valence-corrected chi connectivity index (χ4v) is 4.71. The first-order valence-corrected chi connectivity index (χ1v) is 11.5. The number of rotatable bonds is 9. The highest BCUT2D eigenvalue weighted by molar-refractivity contribution is 7.89. The summed E-state index contributed by atoms with van der Waals surface area (Å²) in [5, 5.41) is 2.82. The van der Waals surface area contributed by atoms with E-state index in [4.69, 9.17) is 14.2 Å². The van der Waals surface area contributed by atoms with Gasteiger partial charge in [0.15, 0.2) is 0 Å². The molecular weight excluding hydrogens is 420 g/mol. The van der Waals surface area contributed by atoms with E-state index in [0.717, 1.165) is 16.9 Å². The molecule has 0 bridgehead atoms. The molecule has 0 aromatic heterocycles. The normalized spacial score (nSPS) is 14.8. The monoisotopic (exact) mass is 448 g/mol. The molecule has 0 saturated carbocycles. The number of nitrogens with one attached hydrogen (secondary N) is 1. The molecule has 0 spiro atoms. The van der Waals surface area contributed by atoms with Gasteiger partial charge in [0.05, 0.1) is 38.2 Å². The Morgan fingerprint density at radius 3 is 2.48 bits per heavy atom. The molecule has 2 aromatic carbocycles. The third kappa shape index (κ3) is 6.19. The first kappa shape index (κ1) is 23.1. The van der Waals surface area contributed by atoms with Crippen LogP contribution in [0.2, 0.25) is 0 Å². The number of morpholine rings is 1. The van der Waals surface area contributed by atoms with Crippen LogP contribution in [0.4, 0.5) is 0 Å². The number of carbonyl (C=O) groups is 1. The van der Waals surface area contributed by atoms with Crippen molar-refractivity contribution >= 4 is 15.9 Å². The minimum atomic E-state index is -3.52. The number of hydrogen-bond acceptors (Lipinski definition) is 6. The largest absolute Gasteiger partial charge is 0.496 e. The third-order valence-corrected chi connectivity index (χ3v) is 6.86.